The number of aliphatic hydroxyl groups excluding tert-OH is 1. The first kappa shape index (κ1) is 34.3. The van der Waals surface area contributed by atoms with Crippen LogP contribution in [0.25, 0.3) is 0 Å². The van der Waals surface area contributed by atoms with Gasteiger partial charge in [-0.05, 0) is 76.2 Å². The molecule has 51 heavy (non-hydrogen) atoms. The van der Waals surface area contributed by atoms with Gasteiger partial charge in [-0.25, -0.2) is 9.79 Å². The Balaban J connectivity index is 1.07. The van der Waals surface area contributed by atoms with Gasteiger partial charge in [0.1, 0.15) is 30.8 Å². The highest BCUT2D eigenvalue weighted by Crippen LogP contribution is 2.81. The molecule has 9 rings (SSSR count). The largest absolute Gasteiger partial charge is 0.465 e. The zero-order valence-electron chi connectivity index (χ0n) is 30.4. The van der Waals surface area contributed by atoms with E-state index in [4.69, 9.17) is 23.7 Å². The van der Waals surface area contributed by atoms with E-state index in [0.29, 0.717) is 19.4 Å². The number of rotatable bonds is 9. The summed E-state index contributed by atoms with van der Waals surface area (Å²) in [6.45, 7) is 7.29. The average molecular weight is 707 g/mol. The van der Waals surface area contributed by atoms with Gasteiger partial charge in [0.05, 0.1) is 43.3 Å². The minimum Gasteiger partial charge on any atom is -0.465 e. The summed E-state index contributed by atoms with van der Waals surface area (Å²) in [5.74, 6) is -1.91. The van der Waals surface area contributed by atoms with Crippen LogP contribution >= 0.6 is 0 Å². The lowest BCUT2D eigenvalue weighted by atomic mass is 9.33. The van der Waals surface area contributed by atoms with Gasteiger partial charge in [0.2, 0.25) is 0 Å². The van der Waals surface area contributed by atoms with Crippen LogP contribution in [0.15, 0.2) is 21.6 Å². The van der Waals surface area contributed by atoms with Crippen LogP contribution in [-0.4, -0.2) is 96.4 Å². The summed E-state index contributed by atoms with van der Waals surface area (Å²) >= 11 is 0. The minimum absolute atomic E-state index is 0.0462. The first-order valence-corrected chi connectivity index (χ1v) is 19.8. The molecule has 3 aliphatic carbocycles. The molecule has 4 saturated heterocycles. The predicted molar refractivity (Wildman–Crippen MR) is 185 cm³/mol. The van der Waals surface area contributed by atoms with Gasteiger partial charge >= 0.3 is 11.9 Å². The van der Waals surface area contributed by atoms with Crippen molar-refractivity contribution in [2.45, 2.75) is 152 Å². The number of fused-ring (bicyclic) bond motifs is 1. The monoisotopic (exact) mass is 706 g/mol. The van der Waals surface area contributed by atoms with Gasteiger partial charge in [0.15, 0.2) is 11.9 Å². The van der Waals surface area contributed by atoms with E-state index in [9.17, 15) is 14.7 Å². The van der Waals surface area contributed by atoms with Crippen LogP contribution in [0.2, 0.25) is 0 Å². The number of hydrogen-bond donors (Lipinski definition) is 1. The molecule has 0 radical (unpaired) electrons. The number of carbonyl (C=O) groups excluding carboxylic acids is 3. The van der Waals surface area contributed by atoms with Crippen LogP contribution in [0.5, 0.6) is 0 Å². The Morgan fingerprint density at radius 2 is 1.76 bits per heavy atom. The maximum Gasteiger partial charge on any atom is 0.339 e. The second-order valence-electron chi connectivity index (χ2n) is 17.9. The normalized spacial score (nSPS) is 46.6. The standard InChI is InChI=1S/C40H54N2O9/c1-36(2)31-30(44)32(45)39(23-11-7-6-8-12-23)27(38(31)21-48-29(43)19-28(38)50-36)15-17-37(3)33(49-35(46)34-40(37,39)51-34)25-16-18-47-26(25)14-10-5-4-9-13-24-20-41-22-42-24/h16,22-23,26-28,31-34,45H,4-15,17-21H2,1-3H3. The molecule has 0 aromatic rings. The molecule has 9 aliphatic rings. The van der Waals surface area contributed by atoms with Crippen LogP contribution in [0, 0.1) is 34.0 Å². The van der Waals surface area contributed by atoms with E-state index >= 15 is 4.79 Å². The van der Waals surface area contributed by atoms with Gasteiger partial charge in [0, 0.05) is 22.0 Å². The minimum atomic E-state index is -1.34. The molecule has 0 bridgehead atoms. The van der Waals surface area contributed by atoms with Gasteiger partial charge in [-0.15, -0.1) is 0 Å². The van der Waals surface area contributed by atoms with Gasteiger partial charge in [-0.1, -0.05) is 51.5 Å². The van der Waals surface area contributed by atoms with Crippen LogP contribution in [0.4, 0.5) is 0 Å². The number of Topliss-reactive ketones (excluding diaryl/α,β-unsaturated/α-hetero) is 1. The van der Waals surface area contributed by atoms with Gasteiger partial charge in [-0.3, -0.25) is 14.6 Å². The number of unbranched alkanes of at least 4 members (excludes halogenated alkanes) is 3. The second-order valence-corrected chi connectivity index (χ2v) is 17.9. The summed E-state index contributed by atoms with van der Waals surface area (Å²) < 4.78 is 32.3. The van der Waals surface area contributed by atoms with Crippen LogP contribution in [-0.2, 0) is 38.1 Å². The predicted octanol–water partition coefficient (Wildman–Crippen LogP) is 4.85. The van der Waals surface area contributed by atoms with Crippen LogP contribution in [0.1, 0.15) is 111 Å². The number of epoxide rings is 1. The van der Waals surface area contributed by atoms with Crippen molar-refractivity contribution < 1.29 is 43.2 Å². The number of ketones is 1. The summed E-state index contributed by atoms with van der Waals surface area (Å²) in [7, 11) is 0. The molecule has 11 heteroatoms. The average Bonchev–Trinajstić information content (AvgIpc) is 3.36. The number of aliphatic imine (C=N–C) groups is 2. The molecule has 11 unspecified atom stereocenters. The lowest BCUT2D eigenvalue weighted by Crippen LogP contribution is -2.79. The zero-order chi connectivity index (χ0) is 35.4. The molecule has 0 amide bonds. The Morgan fingerprint density at radius 1 is 0.961 bits per heavy atom. The van der Waals surface area contributed by atoms with E-state index in [-0.39, 0.29) is 42.7 Å². The second kappa shape index (κ2) is 12.0. The molecule has 3 saturated carbocycles. The molecular formula is C40H54N2O9. The molecule has 0 aromatic heterocycles. The molecule has 11 atom stereocenters. The number of aliphatic hydroxyl groups is 1. The van der Waals surface area contributed by atoms with Crippen molar-refractivity contribution in [2.75, 3.05) is 19.8 Å². The molecule has 1 N–H and O–H groups in total. The molecule has 278 valence electrons. The number of hydrogen-bond acceptors (Lipinski definition) is 11. The number of esters is 2. The summed E-state index contributed by atoms with van der Waals surface area (Å²) in [4.78, 5) is 50.6. The van der Waals surface area contributed by atoms with Gasteiger partial charge in [-0.2, -0.15) is 0 Å². The quantitative estimate of drug-likeness (QED) is 0.154. The topological polar surface area (TPSA) is 146 Å². The summed E-state index contributed by atoms with van der Waals surface area (Å²) in [5.41, 5.74) is -2.43. The maximum absolute atomic E-state index is 15.0. The van der Waals surface area contributed by atoms with E-state index in [1.54, 1.807) is 6.34 Å². The lowest BCUT2D eigenvalue weighted by molar-refractivity contribution is -0.272. The third kappa shape index (κ3) is 4.53. The zero-order valence-corrected chi connectivity index (χ0v) is 30.4. The van der Waals surface area contributed by atoms with Gasteiger partial charge < -0.3 is 28.8 Å². The van der Waals surface area contributed by atoms with E-state index in [1.165, 1.54) is 0 Å². The smallest absolute Gasteiger partial charge is 0.339 e. The molecule has 6 aliphatic heterocycles. The lowest BCUT2D eigenvalue weighted by Gasteiger charge is -2.70. The molecule has 0 aromatic carbocycles. The number of carbonyl (C=O) groups is 3. The maximum atomic E-state index is 15.0. The fourth-order valence-electron chi connectivity index (χ4n) is 13.5. The highest BCUT2D eigenvalue weighted by atomic mass is 16.7. The molecular weight excluding hydrogens is 652 g/mol. The van der Waals surface area contributed by atoms with Crippen molar-refractivity contribution >= 4 is 29.8 Å². The SMILES string of the molecule is CC1(C)OC2CC(=O)OCC23C1C(=O)C(O)C1(C2CCCCC2)C3CCC2(C)C(C3=CCOC3CCCCCCC3=NC=NC3)OC(=O)C3OC321. The fourth-order valence-corrected chi connectivity index (χ4v) is 13.5. The summed E-state index contributed by atoms with van der Waals surface area (Å²) in [6, 6.07) is 0. The first-order valence-electron chi connectivity index (χ1n) is 19.8. The van der Waals surface area contributed by atoms with Crippen molar-refractivity contribution in [3.05, 3.63) is 11.6 Å². The molecule has 6 heterocycles. The highest BCUT2D eigenvalue weighted by molar-refractivity contribution is 5.96. The van der Waals surface area contributed by atoms with E-state index in [2.05, 4.69) is 23.0 Å². The Bertz CT molecular complexity index is 1580. The van der Waals surface area contributed by atoms with E-state index < -0.39 is 63.8 Å². The van der Waals surface area contributed by atoms with Crippen LogP contribution in [0.3, 0.4) is 0 Å². The fraction of sp³-hybridized carbons (Fsp3) is 0.825. The van der Waals surface area contributed by atoms with Crippen molar-refractivity contribution in [3.63, 3.8) is 0 Å². The molecule has 11 nitrogen and oxygen atoms in total. The highest BCUT2D eigenvalue weighted by Gasteiger charge is 2.92. The number of cyclic esters (lactones) is 2. The number of ether oxygens (including phenoxy) is 5. The first-order chi connectivity index (χ1) is 24.5. The Kier molecular flexibility index (Phi) is 8.09. The van der Waals surface area contributed by atoms with Crippen molar-refractivity contribution in [3.8, 4) is 0 Å². The molecule has 7 fully saturated rings. The Morgan fingerprint density at radius 3 is 2.55 bits per heavy atom. The van der Waals surface area contributed by atoms with E-state index in [1.807, 2.05) is 13.8 Å². The van der Waals surface area contributed by atoms with Crippen LogP contribution < -0.4 is 0 Å². The Hall–Kier alpha value is -2.47. The van der Waals surface area contributed by atoms with Gasteiger partial charge in [0.25, 0.3) is 0 Å². The third-order valence-corrected chi connectivity index (χ3v) is 15.3. The third-order valence-electron chi connectivity index (χ3n) is 15.3. The van der Waals surface area contributed by atoms with Crippen molar-refractivity contribution in [1.82, 2.24) is 0 Å². The van der Waals surface area contributed by atoms with Crippen molar-refractivity contribution in [2.24, 2.45) is 44.0 Å². The summed E-state index contributed by atoms with van der Waals surface area (Å²) in [6.07, 6.45) is 12.6. The Labute approximate surface area is 300 Å². The summed E-state index contributed by atoms with van der Waals surface area (Å²) in [5, 5.41) is 12.9. The number of nitrogens with zero attached hydrogens (tertiary/aromatic N) is 2. The van der Waals surface area contributed by atoms with E-state index in [0.717, 1.165) is 88.5 Å². The van der Waals surface area contributed by atoms with Crippen molar-refractivity contribution in [1.29, 1.82) is 0 Å². The molecule has 2 spiro atoms.